The Balaban J connectivity index is 2.35. The second kappa shape index (κ2) is 5.40. The highest BCUT2D eigenvalue weighted by Crippen LogP contribution is 2.29. The van der Waals surface area contributed by atoms with Gasteiger partial charge in [-0.2, -0.15) is 0 Å². The van der Waals surface area contributed by atoms with Crippen LogP contribution < -0.4 is 10.2 Å². The average Bonchev–Trinajstić information content (AvgIpc) is 2.86. The van der Waals surface area contributed by atoms with Gasteiger partial charge in [-0.1, -0.05) is 11.6 Å². The molecule has 1 amide bonds. The van der Waals surface area contributed by atoms with Gasteiger partial charge in [0.2, 0.25) is 5.91 Å². The quantitative estimate of drug-likeness (QED) is 0.850. The number of benzene rings is 1. The summed E-state index contributed by atoms with van der Waals surface area (Å²) < 4.78 is 0. The summed E-state index contributed by atoms with van der Waals surface area (Å²) in [5, 5.41) is 3.19. The van der Waals surface area contributed by atoms with Crippen molar-refractivity contribution in [1.29, 1.82) is 0 Å². The van der Waals surface area contributed by atoms with Crippen LogP contribution in [0.4, 0.5) is 5.69 Å². The van der Waals surface area contributed by atoms with Crippen molar-refractivity contribution in [1.82, 2.24) is 5.32 Å². The number of amides is 1. The molecule has 0 aliphatic carbocycles. The molecule has 4 nitrogen and oxygen atoms in total. The van der Waals surface area contributed by atoms with E-state index >= 15 is 0 Å². The van der Waals surface area contributed by atoms with Gasteiger partial charge in [0.1, 0.15) is 6.04 Å². The van der Waals surface area contributed by atoms with E-state index < -0.39 is 0 Å². The van der Waals surface area contributed by atoms with Gasteiger partial charge >= 0.3 is 0 Å². The van der Waals surface area contributed by atoms with Gasteiger partial charge in [0.05, 0.1) is 0 Å². The van der Waals surface area contributed by atoms with E-state index in [1.165, 1.54) is 0 Å². The highest BCUT2D eigenvalue weighted by Gasteiger charge is 2.31. The van der Waals surface area contributed by atoms with Crippen LogP contribution >= 0.6 is 11.6 Å². The minimum Gasteiger partial charge on any atom is -0.359 e. The largest absolute Gasteiger partial charge is 0.359 e. The molecule has 1 saturated heterocycles. The topological polar surface area (TPSA) is 49.4 Å². The number of nitrogens with one attached hydrogen (secondary N) is 1. The lowest BCUT2D eigenvalue weighted by molar-refractivity contribution is -0.121. The Bertz CT molecular complexity index is 476. The van der Waals surface area contributed by atoms with Crippen LogP contribution in [0, 0.1) is 0 Å². The van der Waals surface area contributed by atoms with Crippen molar-refractivity contribution in [2.75, 3.05) is 18.5 Å². The minimum absolute atomic E-state index is 0.0145. The van der Waals surface area contributed by atoms with Crippen molar-refractivity contribution in [2.24, 2.45) is 0 Å². The molecule has 1 aromatic rings. The predicted octanol–water partition coefficient (Wildman–Crippen LogP) is 1.87. The van der Waals surface area contributed by atoms with Gasteiger partial charge < -0.3 is 10.2 Å². The summed E-state index contributed by atoms with van der Waals surface area (Å²) >= 11 is 5.87. The number of likely N-dealkylation sites (N-methyl/N-ethyl adjacent to an activating group) is 1. The normalized spacial score (nSPS) is 18.8. The van der Waals surface area contributed by atoms with Gasteiger partial charge in [-0.15, -0.1) is 0 Å². The molecule has 0 bridgehead atoms. The molecule has 0 spiro atoms. The SMILES string of the molecule is CNC(=O)C1CCCN1c1ccc(Cl)cc1C=O. The first-order valence-electron chi connectivity index (χ1n) is 5.90. The third-order valence-corrected chi connectivity index (χ3v) is 3.46. The molecule has 1 unspecified atom stereocenters. The molecular weight excluding hydrogens is 252 g/mol. The molecule has 1 aromatic carbocycles. The number of hydrogen-bond donors (Lipinski definition) is 1. The Kier molecular flexibility index (Phi) is 3.87. The summed E-state index contributed by atoms with van der Waals surface area (Å²) in [5.41, 5.74) is 1.30. The molecule has 0 radical (unpaired) electrons. The number of hydrogen-bond acceptors (Lipinski definition) is 3. The fourth-order valence-corrected chi connectivity index (χ4v) is 2.56. The number of carbonyl (C=O) groups is 2. The number of nitrogens with zero attached hydrogens (tertiary/aromatic N) is 1. The van der Waals surface area contributed by atoms with E-state index in [-0.39, 0.29) is 11.9 Å². The van der Waals surface area contributed by atoms with Crippen molar-refractivity contribution in [2.45, 2.75) is 18.9 Å². The van der Waals surface area contributed by atoms with E-state index in [1.807, 2.05) is 4.90 Å². The Labute approximate surface area is 111 Å². The molecule has 96 valence electrons. The fourth-order valence-electron chi connectivity index (χ4n) is 2.38. The summed E-state index contributed by atoms with van der Waals surface area (Å²) in [6.45, 7) is 0.778. The molecule has 1 fully saturated rings. The molecule has 1 heterocycles. The number of halogens is 1. The van der Waals surface area contributed by atoms with Gasteiger partial charge in [-0.25, -0.2) is 0 Å². The number of anilines is 1. The van der Waals surface area contributed by atoms with E-state index in [4.69, 9.17) is 11.6 Å². The van der Waals surface area contributed by atoms with Crippen LogP contribution in [0.1, 0.15) is 23.2 Å². The van der Waals surface area contributed by atoms with Crippen LogP contribution in [-0.4, -0.2) is 31.8 Å². The van der Waals surface area contributed by atoms with Crippen LogP contribution in [0.3, 0.4) is 0 Å². The maximum absolute atomic E-state index is 11.8. The fraction of sp³-hybridized carbons (Fsp3) is 0.385. The van der Waals surface area contributed by atoms with E-state index in [9.17, 15) is 9.59 Å². The average molecular weight is 267 g/mol. The van der Waals surface area contributed by atoms with Gasteiger partial charge in [-0.05, 0) is 31.0 Å². The van der Waals surface area contributed by atoms with Crippen LogP contribution in [0.25, 0.3) is 0 Å². The van der Waals surface area contributed by atoms with Crippen molar-refractivity contribution in [3.63, 3.8) is 0 Å². The summed E-state index contributed by atoms with van der Waals surface area (Å²) in [5.74, 6) is -0.0145. The van der Waals surface area contributed by atoms with Crippen molar-refractivity contribution in [3.8, 4) is 0 Å². The summed E-state index contributed by atoms with van der Waals surface area (Å²) in [6.07, 6.45) is 2.53. The van der Waals surface area contributed by atoms with E-state index in [1.54, 1.807) is 25.2 Å². The monoisotopic (exact) mass is 266 g/mol. The molecule has 18 heavy (non-hydrogen) atoms. The summed E-state index contributed by atoms with van der Waals surface area (Å²) in [4.78, 5) is 24.9. The maximum Gasteiger partial charge on any atom is 0.242 e. The molecule has 1 aliphatic heterocycles. The second-order valence-electron chi connectivity index (χ2n) is 4.29. The molecule has 1 N–H and O–H groups in total. The first-order chi connectivity index (χ1) is 8.67. The predicted molar refractivity (Wildman–Crippen MR) is 71.3 cm³/mol. The molecule has 0 aromatic heterocycles. The Morgan fingerprint density at radius 3 is 3.00 bits per heavy atom. The molecule has 2 rings (SSSR count). The third-order valence-electron chi connectivity index (χ3n) is 3.23. The van der Waals surface area contributed by atoms with Crippen LogP contribution in [0.2, 0.25) is 5.02 Å². The van der Waals surface area contributed by atoms with E-state index in [0.29, 0.717) is 10.6 Å². The molecule has 1 aliphatic rings. The van der Waals surface area contributed by atoms with Gasteiger partial charge in [0.25, 0.3) is 0 Å². The van der Waals surface area contributed by atoms with Crippen LogP contribution in [0.15, 0.2) is 18.2 Å². The summed E-state index contributed by atoms with van der Waals surface area (Å²) in [6, 6.07) is 4.97. The lowest BCUT2D eigenvalue weighted by atomic mass is 10.1. The zero-order chi connectivity index (χ0) is 13.1. The molecule has 1 atom stereocenters. The summed E-state index contributed by atoms with van der Waals surface area (Å²) in [7, 11) is 1.63. The molecule has 0 saturated carbocycles. The highest BCUT2D eigenvalue weighted by molar-refractivity contribution is 6.31. The number of rotatable bonds is 3. The van der Waals surface area contributed by atoms with Crippen molar-refractivity contribution in [3.05, 3.63) is 28.8 Å². The number of carbonyl (C=O) groups excluding carboxylic acids is 2. The minimum atomic E-state index is -0.199. The van der Waals surface area contributed by atoms with E-state index in [0.717, 1.165) is 31.4 Å². The van der Waals surface area contributed by atoms with Gasteiger partial charge in [0.15, 0.2) is 6.29 Å². The zero-order valence-corrected chi connectivity index (χ0v) is 10.9. The molecule has 5 heteroatoms. The lowest BCUT2D eigenvalue weighted by Gasteiger charge is -2.26. The first-order valence-corrected chi connectivity index (χ1v) is 6.28. The molecular formula is C13H15ClN2O2. The van der Waals surface area contributed by atoms with Gasteiger partial charge in [0, 0.05) is 29.9 Å². The maximum atomic E-state index is 11.8. The second-order valence-corrected chi connectivity index (χ2v) is 4.72. The highest BCUT2D eigenvalue weighted by atomic mass is 35.5. The zero-order valence-electron chi connectivity index (χ0n) is 10.1. The Hall–Kier alpha value is -1.55. The standard InChI is InChI=1S/C13H15ClN2O2/c1-15-13(18)12-3-2-6-16(12)11-5-4-10(14)7-9(11)8-17/h4-5,7-8,12H,2-3,6H2,1H3,(H,15,18). The lowest BCUT2D eigenvalue weighted by Crippen LogP contribution is -2.42. The number of aldehydes is 1. The Morgan fingerprint density at radius 1 is 1.56 bits per heavy atom. The van der Waals surface area contributed by atoms with Crippen LogP contribution in [0.5, 0.6) is 0 Å². The first kappa shape index (κ1) is 12.9. The van der Waals surface area contributed by atoms with Crippen molar-refractivity contribution >= 4 is 29.5 Å². The third kappa shape index (κ3) is 2.34. The van der Waals surface area contributed by atoms with Crippen LogP contribution in [-0.2, 0) is 4.79 Å². The smallest absolute Gasteiger partial charge is 0.242 e. The van der Waals surface area contributed by atoms with E-state index in [2.05, 4.69) is 5.32 Å². The van der Waals surface area contributed by atoms with Gasteiger partial charge in [-0.3, -0.25) is 9.59 Å². The van der Waals surface area contributed by atoms with Crippen molar-refractivity contribution < 1.29 is 9.59 Å². The Morgan fingerprint density at radius 2 is 2.33 bits per heavy atom.